The molecule has 0 spiro atoms. The number of allylic oxidation sites excluding steroid dienone is 10. The maximum absolute atomic E-state index is 12.8. The molecule has 1 unspecified atom stereocenters. The highest BCUT2D eigenvalue weighted by molar-refractivity contribution is 5.71. The number of hydrogen-bond acceptors (Lipinski definition) is 6. The van der Waals surface area contributed by atoms with Crippen LogP contribution in [0.15, 0.2) is 60.8 Å². The molecular formula is C60H106O6. The van der Waals surface area contributed by atoms with Crippen LogP contribution in [0.2, 0.25) is 0 Å². The molecule has 0 aromatic rings. The zero-order valence-electron chi connectivity index (χ0n) is 43.7. The Kier molecular flexibility index (Phi) is 52.3. The first-order valence-corrected chi connectivity index (χ1v) is 28.4. The molecule has 382 valence electrons. The van der Waals surface area contributed by atoms with Crippen molar-refractivity contribution in [1.82, 2.24) is 0 Å². The SMILES string of the molecule is CC\C=C/C=C\C=C/C=C\C=C/CCCCCC(=O)OC(COC(=O)CCCCCCCCCCCCCCCC)COC(=O)CCCCCCCCCCCCCCCCCCCCC. The smallest absolute Gasteiger partial charge is 0.306 e. The molecule has 1 atom stereocenters. The summed E-state index contributed by atoms with van der Waals surface area (Å²) in [5.74, 6) is -0.916. The quantitative estimate of drug-likeness (QED) is 0.0262. The molecule has 0 aliphatic rings. The van der Waals surface area contributed by atoms with Crippen LogP contribution in [0.25, 0.3) is 0 Å². The lowest BCUT2D eigenvalue weighted by Crippen LogP contribution is -2.30. The first kappa shape index (κ1) is 63.1. The Morgan fingerprint density at radius 3 is 0.924 bits per heavy atom. The Labute approximate surface area is 409 Å². The van der Waals surface area contributed by atoms with Crippen molar-refractivity contribution in [3.05, 3.63) is 60.8 Å². The molecule has 66 heavy (non-hydrogen) atoms. The second kappa shape index (κ2) is 54.7. The molecule has 0 saturated carbocycles. The predicted molar refractivity (Wildman–Crippen MR) is 284 cm³/mol. The normalized spacial score (nSPS) is 12.5. The first-order valence-electron chi connectivity index (χ1n) is 28.4. The lowest BCUT2D eigenvalue weighted by atomic mass is 10.0. The van der Waals surface area contributed by atoms with Crippen molar-refractivity contribution >= 4 is 17.9 Å². The van der Waals surface area contributed by atoms with Crippen molar-refractivity contribution in [2.75, 3.05) is 13.2 Å². The lowest BCUT2D eigenvalue weighted by Gasteiger charge is -2.18. The number of ether oxygens (including phenoxy) is 3. The number of carbonyl (C=O) groups excluding carboxylic acids is 3. The third kappa shape index (κ3) is 52.1. The second-order valence-electron chi connectivity index (χ2n) is 19.0. The minimum absolute atomic E-state index is 0.0878. The topological polar surface area (TPSA) is 78.9 Å². The number of rotatable bonds is 51. The Bertz CT molecular complexity index is 1200. The summed E-state index contributed by atoms with van der Waals surface area (Å²) in [5.41, 5.74) is 0. The van der Waals surface area contributed by atoms with Crippen LogP contribution in [-0.2, 0) is 28.6 Å². The van der Waals surface area contributed by atoms with E-state index in [9.17, 15) is 14.4 Å². The Morgan fingerprint density at radius 2 is 0.591 bits per heavy atom. The van der Waals surface area contributed by atoms with Crippen LogP contribution in [-0.4, -0.2) is 37.2 Å². The van der Waals surface area contributed by atoms with Crippen molar-refractivity contribution in [2.45, 2.75) is 290 Å². The van der Waals surface area contributed by atoms with Gasteiger partial charge >= 0.3 is 17.9 Å². The lowest BCUT2D eigenvalue weighted by molar-refractivity contribution is -0.167. The van der Waals surface area contributed by atoms with Gasteiger partial charge in [0.2, 0.25) is 0 Å². The van der Waals surface area contributed by atoms with Crippen molar-refractivity contribution < 1.29 is 28.6 Å². The van der Waals surface area contributed by atoms with Gasteiger partial charge in [-0.25, -0.2) is 0 Å². The highest BCUT2D eigenvalue weighted by Gasteiger charge is 2.19. The van der Waals surface area contributed by atoms with Gasteiger partial charge in [0.25, 0.3) is 0 Å². The molecule has 0 aromatic carbocycles. The van der Waals surface area contributed by atoms with Crippen LogP contribution in [0.1, 0.15) is 284 Å². The summed E-state index contributed by atoms with van der Waals surface area (Å²) in [6.07, 6.45) is 67.8. The van der Waals surface area contributed by atoms with Crippen molar-refractivity contribution in [1.29, 1.82) is 0 Å². The third-order valence-corrected chi connectivity index (χ3v) is 12.4. The van der Waals surface area contributed by atoms with E-state index in [1.54, 1.807) is 0 Å². The Balaban J connectivity index is 4.38. The van der Waals surface area contributed by atoms with E-state index >= 15 is 0 Å². The van der Waals surface area contributed by atoms with E-state index in [1.807, 2.05) is 48.6 Å². The van der Waals surface area contributed by atoms with Crippen LogP contribution in [0, 0.1) is 0 Å². The van der Waals surface area contributed by atoms with Crippen LogP contribution in [0.5, 0.6) is 0 Å². The van der Waals surface area contributed by atoms with Crippen LogP contribution < -0.4 is 0 Å². The third-order valence-electron chi connectivity index (χ3n) is 12.4. The molecule has 0 aromatic heterocycles. The fourth-order valence-corrected chi connectivity index (χ4v) is 8.17. The van der Waals surface area contributed by atoms with Gasteiger partial charge in [-0.1, -0.05) is 287 Å². The molecule has 0 fully saturated rings. The van der Waals surface area contributed by atoms with Gasteiger partial charge in [0.15, 0.2) is 6.10 Å². The average Bonchev–Trinajstić information content (AvgIpc) is 3.31. The molecule has 6 heteroatoms. The van der Waals surface area contributed by atoms with E-state index in [2.05, 4.69) is 32.9 Å². The summed E-state index contributed by atoms with van der Waals surface area (Å²) in [6.45, 7) is 6.50. The van der Waals surface area contributed by atoms with Gasteiger partial charge in [-0.05, 0) is 38.5 Å². The molecule has 0 bridgehead atoms. The predicted octanol–water partition coefficient (Wildman–Crippen LogP) is 18.8. The molecular weight excluding hydrogens is 817 g/mol. The zero-order valence-corrected chi connectivity index (χ0v) is 43.7. The molecule has 0 radical (unpaired) electrons. The summed E-state index contributed by atoms with van der Waals surface area (Å²) in [6, 6.07) is 0. The molecule has 0 aliphatic carbocycles. The molecule has 6 nitrogen and oxygen atoms in total. The Morgan fingerprint density at radius 1 is 0.318 bits per heavy atom. The largest absolute Gasteiger partial charge is 0.462 e. The van der Waals surface area contributed by atoms with E-state index in [0.717, 1.165) is 70.6 Å². The van der Waals surface area contributed by atoms with Crippen molar-refractivity contribution in [2.24, 2.45) is 0 Å². The van der Waals surface area contributed by atoms with Gasteiger partial charge in [-0.3, -0.25) is 14.4 Å². The van der Waals surface area contributed by atoms with Gasteiger partial charge < -0.3 is 14.2 Å². The minimum Gasteiger partial charge on any atom is -0.462 e. The fraction of sp³-hybridized carbons (Fsp3) is 0.783. The van der Waals surface area contributed by atoms with Gasteiger partial charge in [0, 0.05) is 19.3 Å². The summed E-state index contributed by atoms with van der Waals surface area (Å²) >= 11 is 0. The maximum atomic E-state index is 12.8. The molecule has 0 heterocycles. The van der Waals surface area contributed by atoms with E-state index in [0.29, 0.717) is 12.8 Å². The molecule has 0 N–H and O–H groups in total. The van der Waals surface area contributed by atoms with Gasteiger partial charge in [0.05, 0.1) is 0 Å². The van der Waals surface area contributed by atoms with E-state index in [-0.39, 0.29) is 37.5 Å². The summed E-state index contributed by atoms with van der Waals surface area (Å²) in [5, 5.41) is 0. The van der Waals surface area contributed by atoms with E-state index in [1.165, 1.54) is 173 Å². The monoisotopic (exact) mass is 923 g/mol. The molecule has 0 rings (SSSR count). The van der Waals surface area contributed by atoms with Crippen LogP contribution >= 0.6 is 0 Å². The fourth-order valence-electron chi connectivity index (χ4n) is 8.17. The summed E-state index contributed by atoms with van der Waals surface area (Å²) in [7, 11) is 0. The minimum atomic E-state index is -0.793. The first-order chi connectivity index (χ1) is 32.5. The van der Waals surface area contributed by atoms with Gasteiger partial charge in [-0.2, -0.15) is 0 Å². The molecule has 0 amide bonds. The highest BCUT2D eigenvalue weighted by Crippen LogP contribution is 2.17. The highest BCUT2D eigenvalue weighted by atomic mass is 16.6. The Hall–Kier alpha value is -2.89. The molecule has 0 saturated heterocycles. The maximum Gasteiger partial charge on any atom is 0.306 e. The number of esters is 3. The van der Waals surface area contributed by atoms with Crippen molar-refractivity contribution in [3.63, 3.8) is 0 Å². The van der Waals surface area contributed by atoms with Crippen LogP contribution in [0.3, 0.4) is 0 Å². The second-order valence-corrected chi connectivity index (χ2v) is 19.0. The molecule has 0 aliphatic heterocycles. The summed E-state index contributed by atoms with van der Waals surface area (Å²) in [4.78, 5) is 38.1. The number of carbonyl (C=O) groups is 3. The van der Waals surface area contributed by atoms with Gasteiger partial charge in [0.1, 0.15) is 13.2 Å². The van der Waals surface area contributed by atoms with E-state index in [4.69, 9.17) is 14.2 Å². The number of unbranched alkanes of at least 4 members (excludes halogenated alkanes) is 34. The average molecular weight is 924 g/mol. The standard InChI is InChI=1S/C60H106O6/c1-4-7-10-13-16-19-22-25-28-29-30-31-33-35-38-41-44-47-50-53-59(62)65-56-57(55-64-58(61)52-49-46-43-40-37-34-27-24-21-18-15-12-9-6-3)66-60(63)54-51-48-45-42-39-36-32-26-23-20-17-14-11-8-5-2/h8,11,14,17,20,23,26,32,36,39,57H,4-7,9-10,12-13,15-16,18-19,21-22,24-25,27-31,33-35,37-38,40-56H2,1-3H3/b11-8-,17-14-,23-20-,32-26-,39-36-. The van der Waals surface area contributed by atoms with Crippen molar-refractivity contribution in [3.8, 4) is 0 Å². The van der Waals surface area contributed by atoms with Crippen LogP contribution in [0.4, 0.5) is 0 Å². The van der Waals surface area contributed by atoms with Gasteiger partial charge in [-0.15, -0.1) is 0 Å². The zero-order chi connectivity index (χ0) is 47.9. The summed E-state index contributed by atoms with van der Waals surface area (Å²) < 4.78 is 16.8. The number of hydrogen-bond donors (Lipinski definition) is 0. The van der Waals surface area contributed by atoms with E-state index < -0.39 is 6.10 Å².